The second-order valence-electron chi connectivity index (χ2n) is 8.21. The second kappa shape index (κ2) is 9.17. The van der Waals surface area contributed by atoms with Gasteiger partial charge in [0.1, 0.15) is 5.60 Å². The minimum absolute atomic E-state index is 0.00439. The number of benzene rings is 1. The molecule has 2 saturated heterocycles. The lowest BCUT2D eigenvalue weighted by Crippen LogP contribution is -2.38. The van der Waals surface area contributed by atoms with Crippen LogP contribution in [0.25, 0.3) is 0 Å². The van der Waals surface area contributed by atoms with Gasteiger partial charge in [0, 0.05) is 18.2 Å². The third-order valence-electron chi connectivity index (χ3n) is 4.48. The number of hydrogen-bond donors (Lipinski definition) is 1. The number of nitrogens with zero attached hydrogens (tertiary/aromatic N) is 2. The first-order valence-corrected chi connectivity index (χ1v) is 13.0. The first-order chi connectivity index (χ1) is 14.4. The number of nitrogens with one attached hydrogen (secondary N) is 1. The molecule has 2 fully saturated rings. The number of rotatable bonds is 4. The van der Waals surface area contributed by atoms with Gasteiger partial charge in [-0.3, -0.25) is 4.79 Å². The smallest absolute Gasteiger partial charge is 0.407 e. The van der Waals surface area contributed by atoms with Crippen molar-refractivity contribution in [3.63, 3.8) is 0 Å². The van der Waals surface area contributed by atoms with E-state index in [-0.39, 0.29) is 34.7 Å². The molecule has 3 rings (SSSR count). The highest BCUT2D eigenvalue weighted by Gasteiger charge is 2.49. The number of anilines is 1. The van der Waals surface area contributed by atoms with Crippen molar-refractivity contribution in [1.82, 2.24) is 5.32 Å². The highest BCUT2D eigenvalue weighted by Crippen LogP contribution is 2.44. The molecule has 1 N–H and O–H groups in total. The normalized spacial score (nSPS) is 23.6. The average Bonchev–Trinajstić information content (AvgIpc) is 3.07. The molecule has 2 unspecified atom stereocenters. The number of amidine groups is 1. The van der Waals surface area contributed by atoms with E-state index >= 15 is 0 Å². The van der Waals surface area contributed by atoms with Crippen LogP contribution in [0, 0.1) is 0 Å². The Hall–Kier alpha value is -1.49. The van der Waals surface area contributed by atoms with Gasteiger partial charge in [-0.15, -0.1) is 0 Å². The Kier molecular flexibility index (Phi) is 7.15. The Bertz CT molecular complexity index is 1020. The molecule has 0 aromatic heterocycles. The van der Waals surface area contributed by atoms with Crippen molar-refractivity contribution >= 4 is 67.7 Å². The lowest BCUT2D eigenvalue weighted by atomic mass is 10.2. The van der Waals surface area contributed by atoms with Gasteiger partial charge in [-0.2, -0.15) is 4.99 Å². The monoisotopic (exact) mass is 507 g/mol. The summed E-state index contributed by atoms with van der Waals surface area (Å²) in [5.41, 5.74) is -0.131. The lowest BCUT2D eigenvalue weighted by molar-refractivity contribution is -0.117. The van der Waals surface area contributed by atoms with E-state index in [1.165, 1.54) is 11.8 Å². The Morgan fingerprint density at radius 1 is 1.29 bits per heavy atom. The number of thioether (sulfide) groups is 1. The largest absolute Gasteiger partial charge is 0.444 e. The Labute approximate surface area is 195 Å². The number of sulfone groups is 1. The summed E-state index contributed by atoms with van der Waals surface area (Å²) in [7, 11) is -3.20. The minimum Gasteiger partial charge on any atom is -0.444 e. The van der Waals surface area contributed by atoms with Crippen molar-refractivity contribution in [2.75, 3.05) is 23.0 Å². The van der Waals surface area contributed by atoms with Crippen LogP contribution >= 0.6 is 35.0 Å². The summed E-state index contributed by atoms with van der Waals surface area (Å²) in [4.78, 5) is 30.0. The number of ether oxygens (including phenoxy) is 1. The lowest BCUT2D eigenvalue weighted by Gasteiger charge is -2.25. The summed E-state index contributed by atoms with van der Waals surface area (Å²) < 4.78 is 29.4. The van der Waals surface area contributed by atoms with E-state index in [1.807, 2.05) is 0 Å². The van der Waals surface area contributed by atoms with Crippen molar-refractivity contribution in [2.45, 2.75) is 44.1 Å². The second-order valence-corrected chi connectivity index (χ2v) is 12.4. The van der Waals surface area contributed by atoms with E-state index in [0.29, 0.717) is 15.9 Å². The quantitative estimate of drug-likeness (QED) is 0.664. The van der Waals surface area contributed by atoms with Crippen LogP contribution in [0.3, 0.4) is 0 Å². The van der Waals surface area contributed by atoms with Gasteiger partial charge in [0.2, 0.25) is 5.91 Å². The molecule has 12 heteroatoms. The molecule has 0 spiro atoms. The molecule has 8 nitrogen and oxygen atoms in total. The first-order valence-electron chi connectivity index (χ1n) is 9.55. The molecule has 31 heavy (non-hydrogen) atoms. The highest BCUT2D eigenvalue weighted by atomic mass is 35.5. The van der Waals surface area contributed by atoms with Crippen LogP contribution in [0.5, 0.6) is 0 Å². The fourth-order valence-electron chi connectivity index (χ4n) is 3.27. The van der Waals surface area contributed by atoms with Gasteiger partial charge in [-0.1, -0.05) is 41.0 Å². The predicted octanol–water partition coefficient (Wildman–Crippen LogP) is 3.51. The zero-order valence-corrected chi connectivity index (χ0v) is 20.4. The maximum atomic E-state index is 12.4. The van der Waals surface area contributed by atoms with E-state index in [9.17, 15) is 18.0 Å². The zero-order valence-electron chi connectivity index (χ0n) is 17.2. The van der Waals surface area contributed by atoms with Crippen molar-refractivity contribution in [3.05, 3.63) is 28.2 Å². The van der Waals surface area contributed by atoms with Crippen molar-refractivity contribution in [2.24, 2.45) is 4.99 Å². The molecule has 0 bridgehead atoms. The molecule has 1 aromatic rings. The summed E-state index contributed by atoms with van der Waals surface area (Å²) in [6.45, 7) is 5.29. The third-order valence-corrected chi connectivity index (χ3v) is 8.50. The molecular weight excluding hydrogens is 485 g/mol. The summed E-state index contributed by atoms with van der Waals surface area (Å²) in [5, 5.41) is 3.21. The fourth-order valence-corrected chi connectivity index (χ4v) is 7.58. The third kappa shape index (κ3) is 6.06. The van der Waals surface area contributed by atoms with Gasteiger partial charge in [0.15, 0.2) is 15.0 Å². The van der Waals surface area contributed by atoms with Crippen LogP contribution in [-0.2, 0) is 19.4 Å². The van der Waals surface area contributed by atoms with Crippen molar-refractivity contribution in [1.29, 1.82) is 0 Å². The van der Waals surface area contributed by atoms with Crippen LogP contribution in [-0.4, -0.2) is 60.5 Å². The topological polar surface area (TPSA) is 105 Å². The number of halogens is 2. The number of carbonyl (C=O) groups excluding carboxylic acids is 2. The molecule has 2 heterocycles. The summed E-state index contributed by atoms with van der Waals surface area (Å²) in [5.74, 6) is -0.504. The summed E-state index contributed by atoms with van der Waals surface area (Å²) in [6, 6.07) is 4.66. The SMILES string of the molecule is CC(C)(C)OC(=O)NCCC(=O)N=C1SC2CS(=O)(=O)CC2N1c1cccc(Cl)c1Cl. The van der Waals surface area contributed by atoms with Crippen LogP contribution in [0.15, 0.2) is 23.2 Å². The maximum absolute atomic E-state index is 12.4. The first kappa shape index (κ1) is 24.2. The van der Waals surface area contributed by atoms with Crippen LogP contribution in [0.2, 0.25) is 10.0 Å². The molecule has 2 aliphatic rings. The average molecular weight is 508 g/mol. The van der Waals surface area contributed by atoms with E-state index in [1.54, 1.807) is 43.9 Å². The minimum atomic E-state index is -3.20. The Balaban J connectivity index is 1.76. The zero-order chi connectivity index (χ0) is 23.0. The van der Waals surface area contributed by atoms with Crippen molar-refractivity contribution in [3.8, 4) is 0 Å². The number of alkyl carbamates (subject to hydrolysis) is 1. The molecule has 0 aliphatic carbocycles. The number of hydrogen-bond acceptors (Lipinski definition) is 6. The Morgan fingerprint density at radius 3 is 2.68 bits per heavy atom. The van der Waals surface area contributed by atoms with Gasteiger partial charge in [0.25, 0.3) is 0 Å². The predicted molar refractivity (Wildman–Crippen MR) is 124 cm³/mol. The van der Waals surface area contributed by atoms with E-state index in [0.717, 1.165) is 0 Å². The number of carbonyl (C=O) groups is 2. The highest BCUT2D eigenvalue weighted by molar-refractivity contribution is 8.16. The fraction of sp³-hybridized carbons (Fsp3) is 0.526. The Morgan fingerprint density at radius 2 is 2.00 bits per heavy atom. The van der Waals surface area contributed by atoms with Crippen LogP contribution in [0.1, 0.15) is 27.2 Å². The molecular formula is C19H23Cl2N3O5S2. The molecule has 2 aliphatic heterocycles. The maximum Gasteiger partial charge on any atom is 0.407 e. The standard InChI is InChI=1S/C19H23Cl2N3O5S2/c1-19(2,3)29-18(26)22-8-7-15(25)23-17-24(12-6-4-5-11(20)16(12)21)13-9-31(27,28)10-14(13)30-17/h4-6,13-14H,7-10H2,1-3H3,(H,22,26). The summed E-state index contributed by atoms with van der Waals surface area (Å²) >= 11 is 13.8. The van der Waals surface area contributed by atoms with E-state index < -0.39 is 33.5 Å². The van der Waals surface area contributed by atoms with E-state index in [4.69, 9.17) is 27.9 Å². The molecule has 0 radical (unpaired) electrons. The van der Waals surface area contributed by atoms with Crippen molar-refractivity contribution < 1.29 is 22.7 Å². The molecule has 0 saturated carbocycles. The molecule has 1 aromatic carbocycles. The summed E-state index contributed by atoms with van der Waals surface area (Å²) in [6.07, 6.45) is -0.649. The molecule has 2 atom stereocenters. The van der Waals surface area contributed by atoms with Gasteiger partial charge in [-0.05, 0) is 32.9 Å². The molecule has 2 amide bonds. The van der Waals surface area contributed by atoms with Gasteiger partial charge in [0.05, 0.1) is 33.3 Å². The number of aliphatic imine (C=N–C) groups is 1. The van der Waals surface area contributed by atoms with Crippen LogP contribution in [0.4, 0.5) is 10.5 Å². The van der Waals surface area contributed by atoms with Gasteiger partial charge in [-0.25, -0.2) is 13.2 Å². The number of fused-ring (bicyclic) bond motifs is 1. The van der Waals surface area contributed by atoms with Gasteiger partial charge >= 0.3 is 6.09 Å². The van der Waals surface area contributed by atoms with E-state index in [2.05, 4.69) is 10.3 Å². The number of amides is 2. The van der Waals surface area contributed by atoms with Gasteiger partial charge < -0.3 is 15.0 Å². The molecule has 170 valence electrons. The van der Waals surface area contributed by atoms with Crippen LogP contribution < -0.4 is 10.2 Å².